The molecule has 19 heavy (non-hydrogen) atoms. The molecule has 2 heterocycles. The molecule has 0 N–H and O–H groups in total. The Labute approximate surface area is 118 Å². The molecule has 100 valence electrons. The van der Waals surface area contributed by atoms with E-state index in [4.69, 9.17) is 20.9 Å². The fourth-order valence-corrected chi connectivity index (χ4v) is 2.48. The van der Waals surface area contributed by atoms with Crippen LogP contribution in [0.4, 0.5) is 0 Å². The molecule has 0 aromatic carbocycles. The highest BCUT2D eigenvalue weighted by Crippen LogP contribution is 2.22. The van der Waals surface area contributed by atoms with E-state index in [0.29, 0.717) is 20.7 Å². The Morgan fingerprint density at radius 1 is 1.42 bits per heavy atom. The molecule has 0 radical (unpaired) electrons. The largest absolute Gasteiger partial charge is 0.454 e. The summed E-state index contributed by atoms with van der Waals surface area (Å²) >= 11 is 6.87. The van der Waals surface area contributed by atoms with Gasteiger partial charge in [-0.1, -0.05) is 16.8 Å². The molecule has 5 nitrogen and oxygen atoms in total. The molecule has 0 aliphatic rings. The number of hydrogen-bond donors (Lipinski definition) is 0. The number of carbonyl (C=O) groups is 2. The molecule has 0 unspecified atom stereocenters. The van der Waals surface area contributed by atoms with Crippen molar-refractivity contribution in [3.05, 3.63) is 38.4 Å². The Hall–Kier alpha value is -1.66. The van der Waals surface area contributed by atoms with Crippen LogP contribution in [0.5, 0.6) is 0 Å². The second kappa shape index (κ2) is 5.54. The number of aromatic nitrogens is 1. The summed E-state index contributed by atoms with van der Waals surface area (Å²) in [5.41, 5.74) is 0.700. The number of hydrogen-bond acceptors (Lipinski definition) is 6. The van der Waals surface area contributed by atoms with Gasteiger partial charge in [0.25, 0.3) is 0 Å². The Balaban J connectivity index is 2.00. The van der Waals surface area contributed by atoms with E-state index in [1.807, 2.05) is 0 Å². The zero-order valence-corrected chi connectivity index (χ0v) is 11.8. The standard InChI is InChI=1S/C12H10ClNO4S/c1-6-11(7(2)18-14-6)12(16)17-5-8(15)9-3-4-10(13)19-9/h3-4H,5H2,1-2H3. The number of halogens is 1. The molecule has 0 atom stereocenters. The van der Waals surface area contributed by atoms with Gasteiger partial charge in [0.05, 0.1) is 14.9 Å². The molecular weight excluding hydrogens is 290 g/mol. The van der Waals surface area contributed by atoms with Gasteiger partial charge in [0.1, 0.15) is 11.3 Å². The molecule has 0 aliphatic heterocycles. The fraction of sp³-hybridized carbons (Fsp3) is 0.250. The van der Waals surface area contributed by atoms with Gasteiger partial charge in [0, 0.05) is 0 Å². The summed E-state index contributed by atoms with van der Waals surface area (Å²) in [6, 6.07) is 3.22. The van der Waals surface area contributed by atoms with Crippen LogP contribution in [0, 0.1) is 13.8 Å². The number of nitrogens with zero attached hydrogens (tertiary/aromatic N) is 1. The van der Waals surface area contributed by atoms with E-state index in [9.17, 15) is 9.59 Å². The third kappa shape index (κ3) is 3.02. The summed E-state index contributed by atoms with van der Waals surface area (Å²) in [5, 5.41) is 3.65. The summed E-state index contributed by atoms with van der Waals surface area (Å²) in [5.74, 6) is -0.543. The summed E-state index contributed by atoms with van der Waals surface area (Å²) in [7, 11) is 0. The lowest BCUT2D eigenvalue weighted by molar-refractivity contribution is 0.0473. The average Bonchev–Trinajstić information content (AvgIpc) is 2.93. The van der Waals surface area contributed by atoms with Crippen LogP contribution in [0.25, 0.3) is 0 Å². The van der Waals surface area contributed by atoms with Crippen LogP contribution in [0.15, 0.2) is 16.7 Å². The molecule has 7 heteroatoms. The third-order valence-electron chi connectivity index (χ3n) is 2.42. The van der Waals surface area contributed by atoms with Gasteiger partial charge in [-0.05, 0) is 26.0 Å². The Morgan fingerprint density at radius 2 is 2.16 bits per heavy atom. The monoisotopic (exact) mass is 299 g/mol. The van der Waals surface area contributed by atoms with E-state index in [-0.39, 0.29) is 18.0 Å². The Kier molecular flexibility index (Phi) is 4.01. The quantitative estimate of drug-likeness (QED) is 0.641. The van der Waals surface area contributed by atoms with Crippen molar-refractivity contribution in [2.45, 2.75) is 13.8 Å². The first kappa shape index (κ1) is 13.8. The van der Waals surface area contributed by atoms with Crippen molar-refractivity contribution in [3.8, 4) is 0 Å². The van der Waals surface area contributed by atoms with Gasteiger partial charge >= 0.3 is 5.97 Å². The van der Waals surface area contributed by atoms with Crippen LogP contribution in [0.1, 0.15) is 31.5 Å². The van der Waals surface area contributed by atoms with Crippen molar-refractivity contribution in [1.29, 1.82) is 0 Å². The normalized spacial score (nSPS) is 10.5. The van der Waals surface area contributed by atoms with Crippen molar-refractivity contribution in [2.75, 3.05) is 6.61 Å². The van der Waals surface area contributed by atoms with Gasteiger partial charge in [-0.3, -0.25) is 4.79 Å². The maximum atomic E-state index is 11.8. The number of aryl methyl sites for hydroxylation is 2. The third-order valence-corrected chi connectivity index (χ3v) is 3.69. The lowest BCUT2D eigenvalue weighted by Crippen LogP contribution is -2.14. The number of carbonyl (C=O) groups excluding carboxylic acids is 2. The number of ketones is 1. The molecule has 2 rings (SSSR count). The Bertz CT molecular complexity index is 612. The minimum atomic E-state index is -0.618. The maximum Gasteiger partial charge on any atom is 0.344 e. The van der Waals surface area contributed by atoms with Crippen LogP contribution in [-0.4, -0.2) is 23.5 Å². The topological polar surface area (TPSA) is 69.4 Å². The number of rotatable bonds is 4. The highest BCUT2D eigenvalue weighted by Gasteiger charge is 2.20. The first-order valence-corrected chi connectivity index (χ1v) is 6.57. The van der Waals surface area contributed by atoms with Crippen LogP contribution >= 0.6 is 22.9 Å². The molecule has 0 amide bonds. The first-order chi connectivity index (χ1) is 8.99. The lowest BCUT2D eigenvalue weighted by Gasteiger charge is -2.02. The van der Waals surface area contributed by atoms with Crippen molar-refractivity contribution >= 4 is 34.7 Å². The van der Waals surface area contributed by atoms with E-state index >= 15 is 0 Å². The van der Waals surface area contributed by atoms with Crippen molar-refractivity contribution in [1.82, 2.24) is 5.16 Å². The van der Waals surface area contributed by atoms with Gasteiger partial charge in [-0.2, -0.15) is 0 Å². The minimum Gasteiger partial charge on any atom is -0.454 e. The number of thiophene rings is 1. The molecule has 0 saturated carbocycles. The molecule has 0 aliphatic carbocycles. The number of Topliss-reactive ketones (excluding diaryl/α,β-unsaturated/α-hetero) is 1. The van der Waals surface area contributed by atoms with E-state index < -0.39 is 5.97 Å². The molecular formula is C12H10ClNO4S. The summed E-state index contributed by atoms with van der Waals surface area (Å²) in [6.07, 6.45) is 0. The van der Waals surface area contributed by atoms with Gasteiger partial charge in [0.15, 0.2) is 6.61 Å². The summed E-state index contributed by atoms with van der Waals surface area (Å²) in [4.78, 5) is 24.0. The smallest absolute Gasteiger partial charge is 0.344 e. The lowest BCUT2D eigenvalue weighted by atomic mass is 10.2. The highest BCUT2D eigenvalue weighted by molar-refractivity contribution is 7.18. The van der Waals surface area contributed by atoms with Crippen molar-refractivity contribution in [3.63, 3.8) is 0 Å². The van der Waals surface area contributed by atoms with Gasteiger partial charge < -0.3 is 9.26 Å². The molecule has 2 aromatic heterocycles. The van der Waals surface area contributed by atoms with Gasteiger partial charge in [0.2, 0.25) is 5.78 Å². The molecule has 0 fully saturated rings. The minimum absolute atomic E-state index is 0.261. The first-order valence-electron chi connectivity index (χ1n) is 5.37. The molecule has 0 saturated heterocycles. The fourth-order valence-electron chi connectivity index (χ4n) is 1.51. The summed E-state index contributed by atoms with van der Waals surface area (Å²) < 4.78 is 10.3. The van der Waals surface area contributed by atoms with Crippen LogP contribution in [0.2, 0.25) is 4.34 Å². The zero-order valence-electron chi connectivity index (χ0n) is 10.2. The predicted molar refractivity (Wildman–Crippen MR) is 69.9 cm³/mol. The molecule has 0 spiro atoms. The van der Waals surface area contributed by atoms with Gasteiger partial charge in [-0.25, -0.2) is 4.79 Å². The van der Waals surface area contributed by atoms with E-state index in [0.717, 1.165) is 11.3 Å². The molecule has 2 aromatic rings. The van der Waals surface area contributed by atoms with Crippen molar-refractivity contribution < 1.29 is 18.8 Å². The zero-order chi connectivity index (χ0) is 14.0. The Morgan fingerprint density at radius 3 is 2.68 bits per heavy atom. The van der Waals surface area contributed by atoms with E-state index in [2.05, 4.69) is 5.16 Å². The maximum absolute atomic E-state index is 11.8. The SMILES string of the molecule is Cc1noc(C)c1C(=O)OCC(=O)c1ccc(Cl)s1. The summed E-state index contributed by atoms with van der Waals surface area (Å²) in [6.45, 7) is 2.91. The highest BCUT2D eigenvalue weighted by atomic mass is 35.5. The van der Waals surface area contributed by atoms with Gasteiger partial charge in [-0.15, -0.1) is 11.3 Å². The average molecular weight is 300 g/mol. The van der Waals surface area contributed by atoms with Crippen LogP contribution in [-0.2, 0) is 4.74 Å². The van der Waals surface area contributed by atoms with Crippen LogP contribution < -0.4 is 0 Å². The van der Waals surface area contributed by atoms with Crippen LogP contribution in [0.3, 0.4) is 0 Å². The second-order valence-electron chi connectivity index (χ2n) is 3.80. The van der Waals surface area contributed by atoms with E-state index in [1.165, 1.54) is 0 Å². The number of esters is 1. The predicted octanol–water partition coefficient (Wildman–Crippen LogP) is 3.05. The van der Waals surface area contributed by atoms with Crippen molar-refractivity contribution in [2.24, 2.45) is 0 Å². The van der Waals surface area contributed by atoms with E-state index in [1.54, 1.807) is 26.0 Å². The molecule has 0 bridgehead atoms. The second-order valence-corrected chi connectivity index (χ2v) is 5.52. The number of ether oxygens (including phenoxy) is 1.